The monoisotopic (exact) mass is 549 g/mol. The number of thiazole rings is 1. The predicted octanol–water partition coefficient (Wildman–Crippen LogP) is 1.97. The van der Waals surface area contributed by atoms with E-state index in [-0.39, 0.29) is 23.6 Å². The number of carbonyl (C=O) groups excluding carboxylic acids is 3. The summed E-state index contributed by atoms with van der Waals surface area (Å²) in [5.41, 5.74) is 17.8. The van der Waals surface area contributed by atoms with Gasteiger partial charge in [-0.1, -0.05) is 42.5 Å². The summed E-state index contributed by atoms with van der Waals surface area (Å²) < 4.78 is 0.889. The molecule has 0 aliphatic carbocycles. The summed E-state index contributed by atoms with van der Waals surface area (Å²) in [6.45, 7) is 2.44. The molecule has 2 amide bonds. The van der Waals surface area contributed by atoms with Crippen molar-refractivity contribution in [2.45, 2.75) is 56.7 Å². The van der Waals surface area contributed by atoms with E-state index in [4.69, 9.17) is 17.2 Å². The van der Waals surface area contributed by atoms with Crippen LogP contribution in [0.25, 0.3) is 10.2 Å². The number of aliphatic imine (C=N–C) groups is 1. The second-order valence-corrected chi connectivity index (χ2v) is 11.1. The normalized spacial score (nSPS) is 17.4. The highest BCUT2D eigenvalue weighted by Crippen LogP contribution is 2.25. The maximum Gasteiger partial charge on any atom is 0.243 e. The van der Waals surface area contributed by atoms with Crippen LogP contribution < -0.4 is 22.5 Å². The van der Waals surface area contributed by atoms with Gasteiger partial charge in [0, 0.05) is 13.1 Å². The number of rotatable bonds is 11. The average molecular weight is 550 g/mol. The second kappa shape index (κ2) is 12.4. The molecule has 7 N–H and O–H groups in total. The minimum absolute atomic E-state index is 0.0338. The third kappa shape index (κ3) is 6.98. The topological polar surface area (TPSA) is 170 Å². The van der Waals surface area contributed by atoms with Crippen LogP contribution in [0.2, 0.25) is 0 Å². The molecular weight excluding hydrogens is 514 g/mol. The van der Waals surface area contributed by atoms with Crippen LogP contribution >= 0.6 is 11.3 Å². The Labute approximate surface area is 231 Å². The van der Waals surface area contributed by atoms with Gasteiger partial charge >= 0.3 is 0 Å². The molecule has 2 unspecified atom stereocenters. The number of nitrogens with zero attached hydrogens (tertiary/aromatic N) is 3. The molecule has 1 aliphatic heterocycles. The number of fused-ring (bicyclic) bond motifs is 1. The van der Waals surface area contributed by atoms with Crippen molar-refractivity contribution in [1.82, 2.24) is 15.2 Å². The summed E-state index contributed by atoms with van der Waals surface area (Å²) >= 11 is 1.29. The van der Waals surface area contributed by atoms with Gasteiger partial charge in [-0.2, -0.15) is 0 Å². The fourth-order valence-electron chi connectivity index (χ4n) is 4.87. The summed E-state index contributed by atoms with van der Waals surface area (Å²) in [6.07, 6.45) is 2.31. The minimum Gasteiger partial charge on any atom is -0.370 e. The number of ketones is 1. The van der Waals surface area contributed by atoms with E-state index in [0.29, 0.717) is 50.2 Å². The van der Waals surface area contributed by atoms with E-state index in [0.717, 1.165) is 15.8 Å². The van der Waals surface area contributed by atoms with Gasteiger partial charge in [-0.05, 0) is 56.7 Å². The third-order valence-corrected chi connectivity index (χ3v) is 7.85. The Bertz CT molecular complexity index is 1320. The Balaban J connectivity index is 1.49. The molecule has 4 rings (SSSR count). The summed E-state index contributed by atoms with van der Waals surface area (Å²) in [6, 6.07) is 15.5. The van der Waals surface area contributed by atoms with Crippen molar-refractivity contribution in [3.63, 3.8) is 0 Å². The van der Waals surface area contributed by atoms with Gasteiger partial charge in [-0.25, -0.2) is 4.98 Å². The number of guanidine groups is 1. The molecule has 2 heterocycles. The second-order valence-electron chi connectivity index (χ2n) is 10.1. The Kier molecular flexibility index (Phi) is 8.93. The van der Waals surface area contributed by atoms with Crippen molar-refractivity contribution in [1.29, 1.82) is 0 Å². The number of carbonyl (C=O) groups is 3. The molecule has 1 aromatic heterocycles. The predicted molar refractivity (Wildman–Crippen MR) is 153 cm³/mol. The van der Waals surface area contributed by atoms with Crippen LogP contribution in [0.3, 0.4) is 0 Å². The number of nitrogens with one attached hydrogen (secondary N) is 1. The van der Waals surface area contributed by atoms with Crippen molar-refractivity contribution in [2.24, 2.45) is 22.2 Å². The number of para-hydroxylation sites is 1. The number of hydrogen-bond donors (Lipinski definition) is 4. The van der Waals surface area contributed by atoms with Gasteiger partial charge in [0.05, 0.1) is 21.8 Å². The zero-order valence-electron chi connectivity index (χ0n) is 22.0. The Morgan fingerprint density at radius 3 is 2.59 bits per heavy atom. The van der Waals surface area contributed by atoms with Gasteiger partial charge in [-0.3, -0.25) is 19.4 Å². The van der Waals surface area contributed by atoms with Gasteiger partial charge in [-0.15, -0.1) is 11.3 Å². The highest BCUT2D eigenvalue weighted by molar-refractivity contribution is 7.20. The van der Waals surface area contributed by atoms with Crippen molar-refractivity contribution in [2.75, 3.05) is 13.1 Å². The number of aromatic nitrogens is 1. The quantitative estimate of drug-likeness (QED) is 0.123. The molecule has 11 heteroatoms. The molecule has 3 aromatic rings. The Morgan fingerprint density at radius 1 is 1.15 bits per heavy atom. The zero-order chi connectivity index (χ0) is 28.0. The molecule has 1 fully saturated rings. The largest absolute Gasteiger partial charge is 0.370 e. The van der Waals surface area contributed by atoms with E-state index >= 15 is 0 Å². The third-order valence-electron chi connectivity index (χ3n) is 6.80. The maximum atomic E-state index is 13.5. The molecule has 10 nitrogen and oxygen atoms in total. The summed E-state index contributed by atoms with van der Waals surface area (Å²) in [5, 5.41) is 3.23. The SMILES string of the molecule is CC(N)(Cc1ccccc1)C(=O)N1CCC[C@H]1C(=O)NC(CCCN=C(N)N)C(=O)c1nc2ccccc2s1. The lowest BCUT2D eigenvalue weighted by atomic mass is 9.92. The molecule has 39 heavy (non-hydrogen) atoms. The molecule has 1 saturated heterocycles. The maximum absolute atomic E-state index is 13.5. The number of Topliss-reactive ketones (excluding diaryl/α,β-unsaturated/α-hetero) is 1. The fraction of sp³-hybridized carbons (Fsp3) is 0.393. The van der Waals surface area contributed by atoms with E-state index in [9.17, 15) is 14.4 Å². The zero-order valence-corrected chi connectivity index (χ0v) is 22.8. The van der Waals surface area contributed by atoms with Gasteiger partial charge < -0.3 is 27.4 Å². The summed E-state index contributed by atoms with van der Waals surface area (Å²) in [7, 11) is 0. The van der Waals surface area contributed by atoms with Gasteiger partial charge in [0.2, 0.25) is 17.6 Å². The lowest BCUT2D eigenvalue weighted by molar-refractivity contribution is -0.142. The lowest BCUT2D eigenvalue weighted by Crippen LogP contribution is -2.59. The van der Waals surface area contributed by atoms with Gasteiger partial charge in [0.25, 0.3) is 0 Å². The molecule has 206 valence electrons. The van der Waals surface area contributed by atoms with Gasteiger partial charge in [0.1, 0.15) is 6.04 Å². The van der Waals surface area contributed by atoms with Crippen molar-refractivity contribution < 1.29 is 14.4 Å². The smallest absolute Gasteiger partial charge is 0.243 e. The highest BCUT2D eigenvalue weighted by atomic mass is 32.1. The lowest BCUT2D eigenvalue weighted by Gasteiger charge is -2.33. The van der Waals surface area contributed by atoms with E-state index in [2.05, 4.69) is 15.3 Å². The Morgan fingerprint density at radius 2 is 1.87 bits per heavy atom. The number of hydrogen-bond acceptors (Lipinski definition) is 7. The highest BCUT2D eigenvalue weighted by Gasteiger charge is 2.42. The molecule has 0 spiro atoms. The number of nitrogens with two attached hydrogens (primary N) is 3. The summed E-state index contributed by atoms with van der Waals surface area (Å²) in [5.74, 6) is -0.977. The van der Waals surface area contributed by atoms with Crippen molar-refractivity contribution >= 4 is 45.1 Å². The molecule has 2 aromatic carbocycles. The van der Waals surface area contributed by atoms with Crippen molar-refractivity contribution in [3.05, 3.63) is 65.2 Å². The minimum atomic E-state index is -1.18. The molecule has 3 atom stereocenters. The molecule has 1 aliphatic rings. The van der Waals surface area contributed by atoms with Crippen LogP contribution in [0.1, 0.15) is 48.0 Å². The Hall–Kier alpha value is -3.83. The van der Waals surface area contributed by atoms with Crippen LogP contribution in [0.5, 0.6) is 0 Å². The van der Waals surface area contributed by atoms with Gasteiger partial charge in [0.15, 0.2) is 11.0 Å². The number of benzene rings is 2. The summed E-state index contributed by atoms with van der Waals surface area (Å²) in [4.78, 5) is 50.6. The first kappa shape index (κ1) is 28.2. The molecule has 0 radical (unpaired) electrons. The first-order valence-electron chi connectivity index (χ1n) is 13.0. The molecular formula is C28H35N7O3S. The fourth-order valence-corrected chi connectivity index (χ4v) is 5.83. The molecule has 0 saturated carbocycles. The van der Waals surface area contributed by atoms with Crippen LogP contribution in [0.4, 0.5) is 0 Å². The number of likely N-dealkylation sites (tertiary alicyclic amines) is 1. The molecule has 0 bridgehead atoms. The van der Waals surface area contributed by atoms with Crippen LogP contribution in [0.15, 0.2) is 59.6 Å². The van der Waals surface area contributed by atoms with E-state index < -0.39 is 17.6 Å². The average Bonchev–Trinajstić information content (AvgIpc) is 3.57. The van der Waals surface area contributed by atoms with Crippen LogP contribution in [0, 0.1) is 0 Å². The van der Waals surface area contributed by atoms with E-state index in [1.807, 2.05) is 54.6 Å². The van der Waals surface area contributed by atoms with Crippen LogP contribution in [-0.4, -0.2) is 64.2 Å². The van der Waals surface area contributed by atoms with Crippen LogP contribution in [-0.2, 0) is 16.0 Å². The first-order valence-corrected chi connectivity index (χ1v) is 13.9. The first-order chi connectivity index (χ1) is 18.7. The van der Waals surface area contributed by atoms with E-state index in [1.54, 1.807) is 11.8 Å². The van der Waals surface area contributed by atoms with Crippen molar-refractivity contribution in [3.8, 4) is 0 Å². The van der Waals surface area contributed by atoms with E-state index in [1.165, 1.54) is 11.3 Å². The standard InChI is InChI=1S/C28H35N7O3S/c1-28(31,17-18-9-3-2-4-10-18)26(38)35-16-8-13-21(35)24(37)33-20(12-7-15-32-27(29)30)23(36)25-34-19-11-5-6-14-22(19)39-25/h2-6,9-11,14,20-21H,7-8,12-13,15-17,31H2,1H3,(H,33,37)(H4,29,30,32)/t20?,21-,28?/m0/s1. The number of amides is 2.